The molecule has 168 valence electrons. The van der Waals surface area contributed by atoms with Crippen LogP contribution >= 0.6 is 0 Å². The lowest BCUT2D eigenvalue weighted by atomic mass is 9.88. The van der Waals surface area contributed by atoms with Gasteiger partial charge in [-0.1, -0.05) is 36.4 Å². The zero-order valence-corrected chi connectivity index (χ0v) is 18.4. The number of fused-ring (bicyclic) bond motifs is 1. The van der Waals surface area contributed by atoms with Crippen molar-refractivity contribution in [1.29, 1.82) is 0 Å². The van der Waals surface area contributed by atoms with Crippen molar-refractivity contribution in [3.8, 4) is 5.75 Å². The average Bonchev–Trinajstić information content (AvgIpc) is 2.87. The van der Waals surface area contributed by atoms with Crippen LogP contribution in [0.15, 0.2) is 85.2 Å². The first-order chi connectivity index (χ1) is 16.3. The largest absolute Gasteiger partial charge is 0.488 e. The molecule has 4 nitrogen and oxygen atoms in total. The lowest BCUT2D eigenvalue weighted by molar-refractivity contribution is 0.0106. The SMILES string of the molecule is Fc1ccc(C2CCNCC2OCc2cc(OCc3ccncc3)c3ccccc3c2)cc1. The molecule has 0 spiro atoms. The molecule has 1 N–H and O–H groups in total. The number of hydrogen-bond acceptors (Lipinski definition) is 4. The summed E-state index contributed by atoms with van der Waals surface area (Å²) in [7, 11) is 0. The number of ether oxygens (including phenoxy) is 2. The Morgan fingerprint density at radius 2 is 1.73 bits per heavy atom. The van der Waals surface area contributed by atoms with Crippen LogP contribution in [0, 0.1) is 5.82 Å². The van der Waals surface area contributed by atoms with Crippen molar-refractivity contribution in [2.24, 2.45) is 0 Å². The number of nitrogens with zero attached hydrogens (tertiary/aromatic N) is 1. The number of aromatic nitrogens is 1. The molecule has 5 rings (SSSR count). The summed E-state index contributed by atoms with van der Waals surface area (Å²) in [5.74, 6) is 0.885. The molecule has 0 saturated carbocycles. The molecule has 0 radical (unpaired) electrons. The molecular weight excluding hydrogens is 415 g/mol. The van der Waals surface area contributed by atoms with E-state index in [9.17, 15) is 4.39 Å². The molecule has 33 heavy (non-hydrogen) atoms. The van der Waals surface area contributed by atoms with Gasteiger partial charge >= 0.3 is 0 Å². The molecule has 4 aromatic rings. The van der Waals surface area contributed by atoms with E-state index in [1.165, 1.54) is 12.1 Å². The normalized spacial score (nSPS) is 18.3. The zero-order valence-electron chi connectivity index (χ0n) is 18.4. The molecule has 3 aromatic carbocycles. The van der Waals surface area contributed by atoms with Crippen molar-refractivity contribution < 1.29 is 13.9 Å². The van der Waals surface area contributed by atoms with Gasteiger partial charge < -0.3 is 14.8 Å². The molecule has 1 aliphatic heterocycles. The number of benzene rings is 3. The van der Waals surface area contributed by atoms with E-state index in [0.29, 0.717) is 13.2 Å². The van der Waals surface area contributed by atoms with E-state index in [1.54, 1.807) is 12.4 Å². The topological polar surface area (TPSA) is 43.4 Å². The summed E-state index contributed by atoms with van der Waals surface area (Å²) in [5.41, 5.74) is 3.27. The number of piperidine rings is 1. The Bertz CT molecular complexity index is 1200. The fourth-order valence-electron chi connectivity index (χ4n) is 4.48. The minimum Gasteiger partial charge on any atom is -0.488 e. The van der Waals surface area contributed by atoms with Crippen molar-refractivity contribution in [2.45, 2.75) is 31.7 Å². The summed E-state index contributed by atoms with van der Waals surface area (Å²) in [6.07, 6.45) is 4.54. The van der Waals surface area contributed by atoms with Crippen molar-refractivity contribution >= 4 is 10.8 Å². The highest BCUT2D eigenvalue weighted by atomic mass is 19.1. The Morgan fingerprint density at radius 1 is 0.909 bits per heavy atom. The molecule has 5 heteroatoms. The lowest BCUT2D eigenvalue weighted by Gasteiger charge is -2.32. The maximum absolute atomic E-state index is 13.4. The summed E-state index contributed by atoms with van der Waals surface area (Å²) in [5, 5.41) is 5.64. The number of rotatable bonds is 7. The Hall–Kier alpha value is -3.28. The van der Waals surface area contributed by atoms with Crippen LogP contribution in [0.3, 0.4) is 0 Å². The molecule has 0 bridgehead atoms. The summed E-state index contributed by atoms with van der Waals surface area (Å²) in [6, 6.07) is 23.2. The van der Waals surface area contributed by atoms with Crippen molar-refractivity contribution in [3.05, 3.63) is 108 Å². The van der Waals surface area contributed by atoms with Crippen molar-refractivity contribution in [1.82, 2.24) is 10.3 Å². The van der Waals surface area contributed by atoms with E-state index in [1.807, 2.05) is 36.4 Å². The molecular formula is C28H27FN2O2. The maximum Gasteiger partial charge on any atom is 0.127 e. The Kier molecular flexibility index (Phi) is 6.61. The van der Waals surface area contributed by atoms with Crippen molar-refractivity contribution in [3.63, 3.8) is 0 Å². The standard InChI is InChI=1S/C28H27FN2O2/c29-24-7-5-22(6-8-24)26-11-14-31-17-28(26)33-19-21-15-23-3-1-2-4-25(23)27(16-21)32-18-20-9-12-30-13-10-20/h1-10,12-13,15-16,26,28,31H,11,14,17-19H2. The van der Waals surface area contributed by atoms with Gasteiger partial charge in [0.1, 0.15) is 18.2 Å². The first-order valence-corrected chi connectivity index (χ1v) is 11.4. The molecule has 2 unspecified atom stereocenters. The van der Waals surface area contributed by atoms with E-state index >= 15 is 0 Å². The van der Waals surface area contributed by atoms with Crippen LogP contribution in [0.2, 0.25) is 0 Å². The second-order valence-corrected chi connectivity index (χ2v) is 8.46. The summed E-state index contributed by atoms with van der Waals surface area (Å²) >= 11 is 0. The number of halogens is 1. The molecule has 1 aromatic heterocycles. The molecule has 0 aliphatic carbocycles. The third-order valence-electron chi connectivity index (χ3n) is 6.22. The highest BCUT2D eigenvalue weighted by Crippen LogP contribution is 2.31. The first kappa shape index (κ1) is 21.6. The molecule has 1 saturated heterocycles. The highest BCUT2D eigenvalue weighted by molar-refractivity contribution is 5.89. The number of nitrogens with one attached hydrogen (secondary N) is 1. The van der Waals surface area contributed by atoms with E-state index < -0.39 is 0 Å². The fourth-order valence-corrected chi connectivity index (χ4v) is 4.48. The van der Waals surface area contributed by atoms with Crippen LogP contribution in [0.5, 0.6) is 5.75 Å². The van der Waals surface area contributed by atoms with Gasteiger partial charge in [-0.25, -0.2) is 4.39 Å². The van der Waals surface area contributed by atoms with Crippen LogP contribution in [0.4, 0.5) is 4.39 Å². The Morgan fingerprint density at radius 3 is 2.58 bits per heavy atom. The van der Waals surface area contributed by atoms with Gasteiger partial charge in [0.2, 0.25) is 0 Å². The minimum absolute atomic E-state index is 0.0249. The van der Waals surface area contributed by atoms with Gasteiger partial charge in [0, 0.05) is 30.2 Å². The average molecular weight is 443 g/mol. The van der Waals surface area contributed by atoms with Gasteiger partial charge in [-0.2, -0.15) is 0 Å². The molecule has 0 amide bonds. The van der Waals surface area contributed by atoms with Crippen LogP contribution in [-0.2, 0) is 18.0 Å². The third kappa shape index (κ3) is 5.21. The second kappa shape index (κ2) is 10.1. The lowest BCUT2D eigenvalue weighted by Crippen LogP contribution is -2.40. The van der Waals surface area contributed by atoms with Crippen LogP contribution < -0.4 is 10.1 Å². The first-order valence-electron chi connectivity index (χ1n) is 11.4. The van der Waals surface area contributed by atoms with Gasteiger partial charge in [0.05, 0.1) is 12.7 Å². The van der Waals surface area contributed by atoms with Gasteiger partial charge in [-0.05, 0) is 71.4 Å². The van der Waals surface area contributed by atoms with E-state index in [0.717, 1.165) is 52.7 Å². The van der Waals surface area contributed by atoms with Gasteiger partial charge in [0.15, 0.2) is 0 Å². The van der Waals surface area contributed by atoms with Crippen molar-refractivity contribution in [2.75, 3.05) is 13.1 Å². The third-order valence-corrected chi connectivity index (χ3v) is 6.22. The Balaban J connectivity index is 1.34. The maximum atomic E-state index is 13.4. The van der Waals surface area contributed by atoms with Crippen LogP contribution in [0.1, 0.15) is 29.0 Å². The predicted octanol–water partition coefficient (Wildman–Crippen LogP) is 5.62. The van der Waals surface area contributed by atoms with Gasteiger partial charge in [-0.15, -0.1) is 0 Å². The monoisotopic (exact) mass is 442 g/mol. The summed E-state index contributed by atoms with van der Waals surface area (Å²) in [6.45, 7) is 2.68. The molecule has 1 fully saturated rings. The van der Waals surface area contributed by atoms with Gasteiger partial charge in [-0.3, -0.25) is 4.98 Å². The Labute approximate surface area is 193 Å². The number of pyridine rings is 1. The zero-order chi connectivity index (χ0) is 22.5. The van der Waals surface area contributed by atoms with E-state index in [2.05, 4.69) is 34.6 Å². The molecule has 1 aliphatic rings. The van der Waals surface area contributed by atoms with Crippen LogP contribution in [-0.4, -0.2) is 24.2 Å². The van der Waals surface area contributed by atoms with E-state index in [-0.39, 0.29) is 17.8 Å². The molecule has 2 heterocycles. The predicted molar refractivity (Wildman–Crippen MR) is 128 cm³/mol. The summed E-state index contributed by atoms with van der Waals surface area (Å²) < 4.78 is 26.0. The van der Waals surface area contributed by atoms with Gasteiger partial charge in [0.25, 0.3) is 0 Å². The fraction of sp³-hybridized carbons (Fsp3) is 0.250. The summed E-state index contributed by atoms with van der Waals surface area (Å²) in [4.78, 5) is 4.07. The smallest absolute Gasteiger partial charge is 0.127 e. The highest BCUT2D eigenvalue weighted by Gasteiger charge is 2.27. The molecule has 2 atom stereocenters. The second-order valence-electron chi connectivity index (χ2n) is 8.46. The quantitative estimate of drug-likeness (QED) is 0.404. The van der Waals surface area contributed by atoms with Crippen LogP contribution in [0.25, 0.3) is 10.8 Å². The van der Waals surface area contributed by atoms with E-state index in [4.69, 9.17) is 9.47 Å². The number of hydrogen-bond donors (Lipinski definition) is 1. The minimum atomic E-state index is -0.208.